The number of carbonyl (C=O) groups is 1. The van der Waals surface area contributed by atoms with Crippen LogP contribution in [-0.2, 0) is 4.79 Å². The van der Waals surface area contributed by atoms with Crippen molar-refractivity contribution >= 4 is 23.2 Å². The van der Waals surface area contributed by atoms with Crippen LogP contribution in [0.2, 0.25) is 5.02 Å². The third kappa shape index (κ3) is 3.79. The largest absolute Gasteiger partial charge is 0.495 e. The molecule has 0 aromatic heterocycles. The minimum Gasteiger partial charge on any atom is -0.495 e. The van der Waals surface area contributed by atoms with Gasteiger partial charge in [0.25, 0.3) is 0 Å². The zero-order valence-corrected chi connectivity index (χ0v) is 12.7. The summed E-state index contributed by atoms with van der Waals surface area (Å²) in [5.74, 6) is 0.657. The van der Waals surface area contributed by atoms with Gasteiger partial charge in [-0.3, -0.25) is 4.79 Å². The van der Waals surface area contributed by atoms with Crippen molar-refractivity contribution in [2.75, 3.05) is 12.4 Å². The van der Waals surface area contributed by atoms with Crippen molar-refractivity contribution in [3.63, 3.8) is 0 Å². The number of hydrogen-bond donors (Lipinski definition) is 2. The highest BCUT2D eigenvalue weighted by Gasteiger charge is 2.20. The van der Waals surface area contributed by atoms with Crippen molar-refractivity contribution in [1.29, 1.82) is 0 Å². The fraction of sp³-hybridized carbons (Fsp3) is 0.533. The number of hydrogen-bond acceptors (Lipinski definition) is 3. The Morgan fingerprint density at radius 1 is 1.40 bits per heavy atom. The molecule has 0 unspecified atom stereocenters. The molecular weight excluding hydrogens is 276 g/mol. The second-order valence-electron chi connectivity index (χ2n) is 5.21. The molecule has 1 amide bonds. The summed E-state index contributed by atoms with van der Waals surface area (Å²) in [6.45, 7) is 1.85. The number of halogens is 1. The zero-order chi connectivity index (χ0) is 14.5. The van der Waals surface area contributed by atoms with Gasteiger partial charge in [-0.25, -0.2) is 0 Å². The first-order valence-corrected chi connectivity index (χ1v) is 7.38. The van der Waals surface area contributed by atoms with E-state index in [0.717, 1.165) is 18.5 Å². The van der Waals surface area contributed by atoms with E-state index in [0.29, 0.717) is 16.8 Å². The third-order valence-corrected chi connectivity index (χ3v) is 3.93. The van der Waals surface area contributed by atoms with Gasteiger partial charge in [-0.1, -0.05) is 24.4 Å². The van der Waals surface area contributed by atoms with E-state index in [1.165, 1.54) is 12.8 Å². The Kier molecular flexibility index (Phi) is 5.12. The number of amides is 1. The predicted molar refractivity (Wildman–Crippen MR) is 81.5 cm³/mol. The van der Waals surface area contributed by atoms with Crippen LogP contribution in [-0.4, -0.2) is 25.1 Å². The lowest BCUT2D eigenvalue weighted by atomic mass is 10.2. The Hall–Kier alpha value is -1.42. The molecule has 0 heterocycles. The second-order valence-corrected chi connectivity index (χ2v) is 5.61. The molecule has 0 aliphatic heterocycles. The average Bonchev–Trinajstić information content (AvgIpc) is 2.91. The normalized spacial score (nSPS) is 16.8. The van der Waals surface area contributed by atoms with Gasteiger partial charge in [0.05, 0.1) is 12.1 Å². The number of carbonyl (C=O) groups excluding carboxylic acids is 1. The van der Waals surface area contributed by atoms with Crippen LogP contribution in [0.15, 0.2) is 18.2 Å². The molecule has 110 valence electrons. The Bertz CT molecular complexity index is 473. The maximum atomic E-state index is 12.1. The van der Waals surface area contributed by atoms with E-state index < -0.39 is 0 Å². The van der Waals surface area contributed by atoms with Crippen molar-refractivity contribution in [2.45, 2.75) is 44.7 Å². The topological polar surface area (TPSA) is 50.4 Å². The van der Waals surface area contributed by atoms with Crippen LogP contribution in [0.25, 0.3) is 0 Å². The van der Waals surface area contributed by atoms with Gasteiger partial charge in [-0.2, -0.15) is 0 Å². The van der Waals surface area contributed by atoms with E-state index in [4.69, 9.17) is 16.3 Å². The SMILES string of the molecule is COc1ccc(N[C@@H](C)C(=O)NC2CCCC2)cc1Cl. The lowest BCUT2D eigenvalue weighted by molar-refractivity contribution is -0.122. The highest BCUT2D eigenvalue weighted by Crippen LogP contribution is 2.27. The van der Waals surface area contributed by atoms with Crippen molar-refractivity contribution in [1.82, 2.24) is 5.32 Å². The summed E-state index contributed by atoms with van der Waals surface area (Å²) in [6, 6.07) is 5.45. The number of benzene rings is 1. The first-order chi connectivity index (χ1) is 9.60. The highest BCUT2D eigenvalue weighted by molar-refractivity contribution is 6.32. The van der Waals surface area contributed by atoms with Gasteiger partial charge in [0.15, 0.2) is 0 Å². The van der Waals surface area contributed by atoms with Crippen molar-refractivity contribution < 1.29 is 9.53 Å². The third-order valence-electron chi connectivity index (χ3n) is 3.63. The monoisotopic (exact) mass is 296 g/mol. The molecular formula is C15H21ClN2O2. The van der Waals surface area contributed by atoms with E-state index >= 15 is 0 Å². The highest BCUT2D eigenvalue weighted by atomic mass is 35.5. The van der Waals surface area contributed by atoms with Crippen molar-refractivity contribution in [3.8, 4) is 5.75 Å². The van der Waals surface area contributed by atoms with Crippen LogP contribution < -0.4 is 15.4 Å². The maximum Gasteiger partial charge on any atom is 0.242 e. The summed E-state index contributed by atoms with van der Waals surface area (Å²) in [7, 11) is 1.58. The minimum absolute atomic E-state index is 0.0313. The lowest BCUT2D eigenvalue weighted by Gasteiger charge is -2.19. The van der Waals surface area contributed by atoms with E-state index in [9.17, 15) is 4.79 Å². The molecule has 1 aliphatic carbocycles. The Labute approximate surface area is 124 Å². The molecule has 4 nitrogen and oxygen atoms in total. The number of rotatable bonds is 5. The summed E-state index contributed by atoms with van der Waals surface area (Å²) in [5.41, 5.74) is 0.810. The van der Waals surface area contributed by atoms with Gasteiger partial charge in [0, 0.05) is 11.7 Å². The summed E-state index contributed by atoms with van der Waals surface area (Å²) in [6.07, 6.45) is 4.60. The van der Waals surface area contributed by atoms with Crippen LogP contribution in [0.4, 0.5) is 5.69 Å². The van der Waals surface area contributed by atoms with E-state index in [2.05, 4.69) is 10.6 Å². The van der Waals surface area contributed by atoms with E-state index in [1.807, 2.05) is 13.0 Å². The van der Waals surface area contributed by atoms with Gasteiger partial charge >= 0.3 is 0 Å². The summed E-state index contributed by atoms with van der Waals surface area (Å²) >= 11 is 6.06. The number of methoxy groups -OCH3 is 1. The molecule has 2 N–H and O–H groups in total. The molecule has 1 saturated carbocycles. The Morgan fingerprint density at radius 3 is 2.70 bits per heavy atom. The average molecular weight is 297 g/mol. The van der Waals surface area contributed by atoms with Gasteiger partial charge in [-0.15, -0.1) is 0 Å². The Morgan fingerprint density at radius 2 is 2.10 bits per heavy atom. The fourth-order valence-corrected chi connectivity index (χ4v) is 2.73. The van der Waals surface area contributed by atoms with E-state index in [-0.39, 0.29) is 11.9 Å². The summed E-state index contributed by atoms with van der Waals surface area (Å²) in [5, 5.41) is 6.76. The maximum absolute atomic E-state index is 12.1. The first kappa shape index (κ1) is 15.0. The van der Waals surface area contributed by atoms with Crippen molar-refractivity contribution in [3.05, 3.63) is 23.2 Å². The van der Waals surface area contributed by atoms with Crippen LogP contribution >= 0.6 is 11.6 Å². The van der Waals surface area contributed by atoms with Crippen molar-refractivity contribution in [2.24, 2.45) is 0 Å². The fourth-order valence-electron chi connectivity index (χ4n) is 2.47. The van der Waals surface area contributed by atoms with Gasteiger partial charge in [0.2, 0.25) is 5.91 Å². The number of ether oxygens (including phenoxy) is 1. The first-order valence-electron chi connectivity index (χ1n) is 7.00. The minimum atomic E-state index is -0.292. The molecule has 1 fully saturated rings. The second kappa shape index (κ2) is 6.84. The molecule has 0 radical (unpaired) electrons. The molecule has 0 saturated heterocycles. The number of nitrogens with one attached hydrogen (secondary N) is 2. The molecule has 1 aliphatic rings. The van der Waals surface area contributed by atoms with Gasteiger partial charge < -0.3 is 15.4 Å². The Balaban J connectivity index is 1.91. The molecule has 20 heavy (non-hydrogen) atoms. The van der Waals surface area contributed by atoms with E-state index in [1.54, 1.807) is 19.2 Å². The smallest absolute Gasteiger partial charge is 0.242 e. The summed E-state index contributed by atoms with van der Waals surface area (Å²) < 4.78 is 5.10. The molecule has 1 aromatic carbocycles. The molecule has 0 bridgehead atoms. The lowest BCUT2D eigenvalue weighted by Crippen LogP contribution is -2.42. The molecule has 0 spiro atoms. The van der Waals surface area contributed by atoms with Crippen LogP contribution in [0.3, 0.4) is 0 Å². The standard InChI is InChI=1S/C15H21ClN2O2/c1-10(15(19)18-11-5-3-4-6-11)17-12-7-8-14(20-2)13(16)9-12/h7-11,17H,3-6H2,1-2H3,(H,18,19)/t10-/m0/s1. The van der Waals surface area contributed by atoms with Gasteiger partial charge in [0.1, 0.15) is 11.8 Å². The molecule has 1 aromatic rings. The van der Waals surface area contributed by atoms with Crippen LogP contribution in [0, 0.1) is 0 Å². The zero-order valence-electron chi connectivity index (χ0n) is 11.9. The predicted octanol–water partition coefficient (Wildman–Crippen LogP) is 3.21. The number of anilines is 1. The quantitative estimate of drug-likeness (QED) is 0.877. The van der Waals surface area contributed by atoms with Crippen LogP contribution in [0.1, 0.15) is 32.6 Å². The van der Waals surface area contributed by atoms with Crippen LogP contribution in [0.5, 0.6) is 5.75 Å². The van der Waals surface area contributed by atoms with Gasteiger partial charge in [-0.05, 0) is 38.0 Å². The molecule has 5 heteroatoms. The molecule has 2 rings (SSSR count). The summed E-state index contributed by atoms with van der Waals surface area (Å²) in [4.78, 5) is 12.1. The molecule has 1 atom stereocenters.